The summed E-state index contributed by atoms with van der Waals surface area (Å²) < 4.78 is 34.0. The minimum Gasteiger partial charge on any atom is -0.491 e. The Hall–Kier alpha value is -3.23. The van der Waals surface area contributed by atoms with Crippen LogP contribution in [0.25, 0.3) is 5.65 Å². The summed E-state index contributed by atoms with van der Waals surface area (Å²) in [5.74, 6) is 0.00301. The van der Waals surface area contributed by atoms with E-state index in [0.717, 1.165) is 0 Å². The molecule has 134 valence electrons. The monoisotopic (exact) mass is 359 g/mol. The summed E-state index contributed by atoms with van der Waals surface area (Å²) in [6.45, 7) is -0.643. The lowest BCUT2D eigenvalue weighted by Gasteiger charge is -2.17. The van der Waals surface area contributed by atoms with Gasteiger partial charge in [0.05, 0.1) is 12.2 Å². The number of rotatable bonds is 1. The third kappa shape index (κ3) is 3.03. The van der Waals surface area contributed by atoms with Gasteiger partial charge in [-0.15, -0.1) is 0 Å². The van der Waals surface area contributed by atoms with Gasteiger partial charge in [0, 0.05) is 18.3 Å². The highest BCUT2D eigenvalue weighted by Crippen LogP contribution is 2.22. The lowest BCUT2D eigenvalue weighted by Crippen LogP contribution is -2.40. The first-order chi connectivity index (χ1) is 12.6. The highest BCUT2D eigenvalue weighted by Gasteiger charge is 2.20. The summed E-state index contributed by atoms with van der Waals surface area (Å²) in [7, 11) is 0. The number of aromatic nitrogens is 3. The number of ether oxygens (including phenoxy) is 1. The summed E-state index contributed by atoms with van der Waals surface area (Å²) in [6.07, 6.45) is 3.03. The van der Waals surface area contributed by atoms with Crippen LogP contribution in [0.4, 0.5) is 14.6 Å². The molecule has 0 saturated heterocycles. The lowest BCUT2D eigenvalue weighted by molar-refractivity contribution is 0.0912. The van der Waals surface area contributed by atoms with Crippen LogP contribution in [-0.2, 0) is 6.54 Å². The second-order valence-electron chi connectivity index (χ2n) is 5.88. The number of carbonyl (C=O) groups is 1. The molecule has 7 nitrogen and oxygen atoms in total. The first-order valence-corrected chi connectivity index (χ1v) is 8.00. The van der Waals surface area contributed by atoms with E-state index >= 15 is 0 Å². The number of hydrogen-bond donors (Lipinski definition) is 2. The second-order valence-corrected chi connectivity index (χ2v) is 5.88. The van der Waals surface area contributed by atoms with Crippen molar-refractivity contribution in [2.24, 2.45) is 0 Å². The van der Waals surface area contributed by atoms with E-state index in [0.29, 0.717) is 22.8 Å². The molecule has 9 heteroatoms. The topological polar surface area (TPSA) is 80.5 Å². The molecule has 1 unspecified atom stereocenters. The zero-order valence-electron chi connectivity index (χ0n) is 13.6. The van der Waals surface area contributed by atoms with Crippen LogP contribution in [0.2, 0.25) is 0 Å². The number of halogens is 2. The first-order valence-electron chi connectivity index (χ1n) is 8.00. The van der Waals surface area contributed by atoms with Crippen LogP contribution in [0.1, 0.15) is 15.9 Å². The molecule has 1 atom stereocenters. The number of anilines is 1. The van der Waals surface area contributed by atoms with Gasteiger partial charge in [-0.2, -0.15) is 5.10 Å². The molecule has 0 radical (unpaired) electrons. The fourth-order valence-corrected chi connectivity index (χ4v) is 2.72. The Kier molecular flexibility index (Phi) is 4.11. The van der Waals surface area contributed by atoms with Crippen molar-refractivity contribution >= 4 is 17.4 Å². The molecule has 26 heavy (non-hydrogen) atoms. The van der Waals surface area contributed by atoms with Crippen LogP contribution in [-0.4, -0.2) is 39.8 Å². The van der Waals surface area contributed by atoms with E-state index in [2.05, 4.69) is 20.7 Å². The average molecular weight is 359 g/mol. The Morgan fingerprint density at radius 1 is 1.35 bits per heavy atom. The number of nitrogens with one attached hydrogen (secondary N) is 2. The number of benzene rings is 1. The van der Waals surface area contributed by atoms with E-state index in [9.17, 15) is 13.6 Å². The first kappa shape index (κ1) is 16.2. The largest absolute Gasteiger partial charge is 0.491 e. The maximum absolute atomic E-state index is 13.6. The smallest absolute Gasteiger partial charge is 0.257 e. The summed E-state index contributed by atoms with van der Waals surface area (Å²) in [6, 6.07) is 4.92. The van der Waals surface area contributed by atoms with Gasteiger partial charge < -0.3 is 15.4 Å². The molecule has 2 aromatic heterocycles. The molecule has 0 fully saturated rings. The number of nitrogens with zero attached hydrogens (tertiary/aromatic N) is 3. The van der Waals surface area contributed by atoms with E-state index < -0.39 is 24.4 Å². The third-order valence-electron chi connectivity index (χ3n) is 4.06. The standard InChI is InChI=1S/C17H15F2N5O2/c18-6-12-9-26-14-2-1-11(19)5-10(14)7-20-15-3-4-24-16(23-15)13(8-21-24)17(25)22-12/h1-5,8,12H,6-7,9H2,(H,20,23)(H,22,25). The van der Waals surface area contributed by atoms with Gasteiger partial charge in [0.15, 0.2) is 5.65 Å². The summed E-state index contributed by atoms with van der Waals surface area (Å²) in [4.78, 5) is 16.8. The minimum atomic E-state index is -0.854. The molecule has 0 spiro atoms. The van der Waals surface area contributed by atoms with E-state index in [-0.39, 0.29) is 18.7 Å². The normalized spacial score (nSPS) is 17.3. The van der Waals surface area contributed by atoms with Crippen LogP contribution >= 0.6 is 0 Å². The predicted octanol–water partition coefficient (Wildman–Crippen LogP) is 1.94. The van der Waals surface area contributed by atoms with Crippen molar-refractivity contribution in [1.82, 2.24) is 19.9 Å². The van der Waals surface area contributed by atoms with Gasteiger partial charge in [0.25, 0.3) is 5.91 Å². The fourth-order valence-electron chi connectivity index (χ4n) is 2.72. The maximum Gasteiger partial charge on any atom is 0.257 e. The van der Waals surface area contributed by atoms with E-state index in [4.69, 9.17) is 4.74 Å². The quantitative estimate of drug-likeness (QED) is 0.694. The Morgan fingerprint density at radius 2 is 2.23 bits per heavy atom. The Balaban J connectivity index is 1.77. The maximum atomic E-state index is 13.6. The molecular formula is C17H15F2N5O2. The Labute approximate surface area is 147 Å². The van der Waals surface area contributed by atoms with Crippen LogP contribution in [0.15, 0.2) is 36.7 Å². The molecule has 0 saturated carbocycles. The van der Waals surface area contributed by atoms with E-state index in [1.807, 2.05) is 0 Å². The molecule has 1 amide bonds. The van der Waals surface area contributed by atoms with Gasteiger partial charge in [-0.1, -0.05) is 0 Å². The molecule has 1 aliphatic heterocycles. The van der Waals surface area contributed by atoms with Gasteiger partial charge in [-0.25, -0.2) is 18.3 Å². The predicted molar refractivity (Wildman–Crippen MR) is 89.4 cm³/mol. The van der Waals surface area contributed by atoms with Crippen molar-refractivity contribution in [3.05, 3.63) is 53.6 Å². The van der Waals surface area contributed by atoms with Gasteiger partial charge in [-0.05, 0) is 24.3 Å². The zero-order valence-corrected chi connectivity index (χ0v) is 13.6. The zero-order chi connectivity index (χ0) is 18.1. The van der Waals surface area contributed by atoms with Gasteiger partial charge in [0.1, 0.15) is 36.2 Å². The SMILES string of the molecule is O=C1NC(CF)COc2ccc(F)cc2CNc2ccn3ncc1c3n2. The molecule has 2 bridgehead atoms. The van der Waals surface area contributed by atoms with E-state index in [1.165, 1.54) is 28.9 Å². The fraction of sp³-hybridized carbons (Fsp3) is 0.235. The van der Waals surface area contributed by atoms with Crippen LogP contribution in [0.3, 0.4) is 0 Å². The third-order valence-corrected chi connectivity index (χ3v) is 4.06. The highest BCUT2D eigenvalue weighted by molar-refractivity contribution is 5.99. The van der Waals surface area contributed by atoms with Crippen LogP contribution in [0.5, 0.6) is 5.75 Å². The molecular weight excluding hydrogens is 344 g/mol. The lowest BCUT2D eigenvalue weighted by atomic mass is 10.2. The highest BCUT2D eigenvalue weighted by atomic mass is 19.1. The molecule has 0 aliphatic carbocycles. The average Bonchev–Trinajstić information content (AvgIpc) is 3.07. The van der Waals surface area contributed by atoms with Crippen molar-refractivity contribution < 1.29 is 18.3 Å². The summed E-state index contributed by atoms with van der Waals surface area (Å²) in [5, 5.41) is 9.72. The number of hydrogen-bond acceptors (Lipinski definition) is 5. The van der Waals surface area contributed by atoms with Gasteiger partial charge >= 0.3 is 0 Å². The molecule has 1 aromatic carbocycles. The van der Waals surface area contributed by atoms with E-state index in [1.54, 1.807) is 12.3 Å². The Morgan fingerprint density at radius 3 is 3.08 bits per heavy atom. The number of amides is 1. The van der Waals surface area contributed by atoms with Crippen LogP contribution < -0.4 is 15.4 Å². The van der Waals surface area contributed by atoms with Gasteiger partial charge in [-0.3, -0.25) is 4.79 Å². The van der Waals surface area contributed by atoms with Crippen molar-refractivity contribution in [2.45, 2.75) is 12.6 Å². The Bertz CT molecular complexity index is 975. The summed E-state index contributed by atoms with van der Waals surface area (Å²) >= 11 is 0. The summed E-state index contributed by atoms with van der Waals surface area (Å²) in [5.41, 5.74) is 1.13. The molecule has 4 rings (SSSR count). The van der Waals surface area contributed by atoms with Gasteiger partial charge in [0.2, 0.25) is 0 Å². The molecule has 3 heterocycles. The number of carbonyl (C=O) groups excluding carboxylic acids is 1. The molecule has 2 N–H and O–H groups in total. The van der Waals surface area contributed by atoms with Crippen molar-refractivity contribution in [3.63, 3.8) is 0 Å². The minimum absolute atomic E-state index is 0.0870. The molecule has 3 aromatic rings. The number of fused-ring (bicyclic) bond motifs is 2. The van der Waals surface area contributed by atoms with Crippen LogP contribution in [0, 0.1) is 5.82 Å². The van der Waals surface area contributed by atoms with Crippen molar-refractivity contribution in [2.75, 3.05) is 18.6 Å². The van der Waals surface area contributed by atoms with Crippen molar-refractivity contribution in [1.29, 1.82) is 0 Å². The molecule has 1 aliphatic rings. The second kappa shape index (κ2) is 6.58. The van der Waals surface area contributed by atoms with Crippen molar-refractivity contribution in [3.8, 4) is 5.75 Å². The number of alkyl halides is 1.